The van der Waals surface area contributed by atoms with Gasteiger partial charge < -0.3 is 14.8 Å². The summed E-state index contributed by atoms with van der Waals surface area (Å²) in [7, 11) is 0. The quantitative estimate of drug-likeness (QED) is 0.739. The Balaban J connectivity index is 1.81. The molecular formula is C11H15NO2S. The van der Waals surface area contributed by atoms with Crippen molar-refractivity contribution < 1.29 is 14.8 Å². The Labute approximate surface area is 93.3 Å². The second-order valence-electron chi connectivity index (χ2n) is 4.10. The summed E-state index contributed by atoms with van der Waals surface area (Å²) < 4.78 is 0. The molecule has 2 heterocycles. The highest BCUT2D eigenvalue weighted by Gasteiger charge is 2.22. The highest BCUT2D eigenvalue weighted by atomic mass is 32.1. The van der Waals surface area contributed by atoms with Gasteiger partial charge in [-0.2, -0.15) is 0 Å². The molecule has 0 aliphatic carbocycles. The molecule has 0 radical (unpaired) electrons. The maximum atomic E-state index is 10.7. The van der Waals surface area contributed by atoms with E-state index in [9.17, 15) is 9.90 Å². The minimum absolute atomic E-state index is 0.211. The maximum Gasteiger partial charge on any atom is 0.112 e. The summed E-state index contributed by atoms with van der Waals surface area (Å²) in [5.41, 5.74) is 0. The summed E-state index contributed by atoms with van der Waals surface area (Å²) in [6.45, 7) is 2.95. The van der Waals surface area contributed by atoms with E-state index in [1.54, 1.807) is 11.3 Å². The molecular weight excluding hydrogens is 210 g/mol. The third kappa shape index (κ3) is 2.79. The largest absolute Gasteiger partial charge is 0.550 e. The van der Waals surface area contributed by atoms with E-state index in [0.717, 1.165) is 32.5 Å². The lowest BCUT2D eigenvalue weighted by atomic mass is 9.97. The highest BCUT2D eigenvalue weighted by Crippen LogP contribution is 2.10. The molecule has 1 aromatic heterocycles. The van der Waals surface area contributed by atoms with E-state index in [0.29, 0.717) is 0 Å². The first-order valence-corrected chi connectivity index (χ1v) is 6.20. The molecule has 1 aromatic rings. The number of nitrogens with one attached hydrogen (secondary N) is 1. The molecule has 0 bridgehead atoms. The third-order valence-electron chi connectivity index (χ3n) is 3.03. The van der Waals surface area contributed by atoms with Gasteiger partial charge in [-0.25, -0.2) is 0 Å². The van der Waals surface area contributed by atoms with Gasteiger partial charge in [-0.15, -0.1) is 11.3 Å². The molecule has 0 unspecified atom stereocenters. The summed E-state index contributed by atoms with van der Waals surface area (Å²) in [4.78, 5) is 13.5. The Morgan fingerprint density at radius 2 is 2.27 bits per heavy atom. The Morgan fingerprint density at radius 3 is 2.80 bits per heavy atom. The average Bonchev–Trinajstić information content (AvgIpc) is 2.71. The number of carbonyl (C=O) groups is 1. The Morgan fingerprint density at radius 1 is 1.53 bits per heavy atom. The van der Waals surface area contributed by atoms with Gasteiger partial charge in [0.05, 0.1) is 18.0 Å². The lowest BCUT2D eigenvalue weighted by Gasteiger charge is -2.29. The number of rotatable bonds is 3. The smallest absolute Gasteiger partial charge is 0.112 e. The van der Waals surface area contributed by atoms with Crippen LogP contribution in [0, 0.1) is 5.92 Å². The molecule has 1 N–H and O–H groups in total. The number of hydrogen-bond donors (Lipinski definition) is 1. The fourth-order valence-corrected chi connectivity index (χ4v) is 2.87. The van der Waals surface area contributed by atoms with Gasteiger partial charge in [-0.3, -0.25) is 0 Å². The van der Waals surface area contributed by atoms with Gasteiger partial charge in [0.2, 0.25) is 0 Å². The normalized spacial score (nSPS) is 26.4. The first-order valence-electron chi connectivity index (χ1n) is 5.32. The molecule has 0 aromatic carbocycles. The second-order valence-corrected chi connectivity index (χ2v) is 5.13. The van der Waals surface area contributed by atoms with Crippen LogP contribution in [0.5, 0.6) is 0 Å². The zero-order valence-electron chi connectivity index (χ0n) is 8.57. The molecule has 15 heavy (non-hydrogen) atoms. The first-order chi connectivity index (χ1) is 7.25. The van der Waals surface area contributed by atoms with Gasteiger partial charge in [0.15, 0.2) is 0 Å². The van der Waals surface area contributed by atoms with Crippen LogP contribution in [0.25, 0.3) is 0 Å². The number of likely N-dealkylation sites (tertiary alicyclic amines) is 1. The van der Waals surface area contributed by atoms with Crippen LogP contribution >= 0.6 is 11.3 Å². The molecule has 4 heteroatoms. The monoisotopic (exact) mass is 225 g/mol. The molecule has 1 fully saturated rings. The van der Waals surface area contributed by atoms with Crippen molar-refractivity contribution in [3.8, 4) is 0 Å². The Kier molecular flexibility index (Phi) is 3.38. The summed E-state index contributed by atoms with van der Waals surface area (Å²) in [6, 6.07) is 4.20. The number of aliphatic carboxylic acids is 1. The molecule has 0 amide bonds. The van der Waals surface area contributed by atoms with Crippen molar-refractivity contribution in [2.45, 2.75) is 19.4 Å². The average molecular weight is 225 g/mol. The maximum absolute atomic E-state index is 10.7. The minimum atomic E-state index is -0.870. The predicted molar refractivity (Wildman–Crippen MR) is 56.5 cm³/mol. The molecule has 3 nitrogen and oxygen atoms in total. The van der Waals surface area contributed by atoms with E-state index in [4.69, 9.17) is 0 Å². The number of carboxylic acid groups (broad SMARTS) is 1. The number of hydrogen-bond acceptors (Lipinski definition) is 3. The topological polar surface area (TPSA) is 44.6 Å². The van der Waals surface area contributed by atoms with Gasteiger partial charge in [0.25, 0.3) is 0 Å². The van der Waals surface area contributed by atoms with Crippen molar-refractivity contribution >= 4 is 17.3 Å². The molecule has 0 saturated carbocycles. The van der Waals surface area contributed by atoms with E-state index in [-0.39, 0.29) is 5.92 Å². The fraction of sp³-hybridized carbons (Fsp3) is 0.545. The van der Waals surface area contributed by atoms with Crippen LogP contribution in [0.15, 0.2) is 17.5 Å². The molecule has 1 aliphatic heterocycles. The SMILES string of the molecule is O=C([O-])C1CC[NH+](Cc2cccs2)CC1. The zero-order valence-corrected chi connectivity index (χ0v) is 9.39. The predicted octanol–water partition coefficient (Wildman–Crippen LogP) is -0.707. The number of carbonyl (C=O) groups excluding carboxylic acids is 1. The van der Waals surface area contributed by atoms with Crippen molar-refractivity contribution in [2.75, 3.05) is 13.1 Å². The van der Waals surface area contributed by atoms with Gasteiger partial charge in [0.1, 0.15) is 6.54 Å². The summed E-state index contributed by atoms with van der Waals surface area (Å²) in [5, 5.41) is 12.7. The van der Waals surface area contributed by atoms with E-state index in [1.165, 1.54) is 9.78 Å². The third-order valence-corrected chi connectivity index (χ3v) is 3.91. The van der Waals surface area contributed by atoms with Crippen LogP contribution in [0.3, 0.4) is 0 Å². The van der Waals surface area contributed by atoms with Crippen LogP contribution in [0.4, 0.5) is 0 Å². The number of carboxylic acids is 1. The molecule has 0 spiro atoms. The van der Waals surface area contributed by atoms with Gasteiger partial charge in [-0.05, 0) is 11.4 Å². The molecule has 2 rings (SSSR count). The zero-order chi connectivity index (χ0) is 10.7. The van der Waals surface area contributed by atoms with Crippen molar-refractivity contribution in [3.63, 3.8) is 0 Å². The van der Waals surface area contributed by atoms with E-state index in [2.05, 4.69) is 17.5 Å². The second kappa shape index (κ2) is 4.77. The van der Waals surface area contributed by atoms with Crippen LogP contribution in [0.2, 0.25) is 0 Å². The van der Waals surface area contributed by atoms with E-state index >= 15 is 0 Å². The van der Waals surface area contributed by atoms with Gasteiger partial charge in [0, 0.05) is 24.7 Å². The van der Waals surface area contributed by atoms with Crippen molar-refractivity contribution in [1.82, 2.24) is 0 Å². The van der Waals surface area contributed by atoms with E-state index in [1.807, 2.05) is 0 Å². The molecule has 82 valence electrons. The Bertz CT molecular complexity index is 315. The minimum Gasteiger partial charge on any atom is -0.550 e. The van der Waals surface area contributed by atoms with Crippen LogP contribution in [-0.2, 0) is 11.3 Å². The first kappa shape index (κ1) is 10.6. The molecule has 1 aliphatic rings. The summed E-state index contributed by atoms with van der Waals surface area (Å²) >= 11 is 1.77. The number of quaternary nitrogens is 1. The fourth-order valence-electron chi connectivity index (χ4n) is 2.10. The van der Waals surface area contributed by atoms with Gasteiger partial charge in [-0.1, -0.05) is 6.07 Å². The summed E-state index contributed by atoms with van der Waals surface area (Å²) in [5.74, 6) is -1.08. The van der Waals surface area contributed by atoms with Crippen LogP contribution in [-0.4, -0.2) is 19.1 Å². The number of thiophene rings is 1. The lowest BCUT2D eigenvalue weighted by Crippen LogP contribution is -3.11. The lowest BCUT2D eigenvalue weighted by molar-refractivity contribution is -0.919. The van der Waals surface area contributed by atoms with Crippen LogP contribution in [0.1, 0.15) is 17.7 Å². The molecule has 0 atom stereocenters. The van der Waals surface area contributed by atoms with Crippen molar-refractivity contribution in [1.29, 1.82) is 0 Å². The van der Waals surface area contributed by atoms with Crippen molar-refractivity contribution in [3.05, 3.63) is 22.4 Å². The Hall–Kier alpha value is -0.870. The number of piperidine rings is 1. The van der Waals surface area contributed by atoms with Crippen LogP contribution < -0.4 is 10.0 Å². The molecule has 1 saturated heterocycles. The standard InChI is InChI=1S/C11H15NO2S/c13-11(14)9-3-5-12(6-4-9)8-10-2-1-7-15-10/h1-2,7,9H,3-6,8H2,(H,13,14). The summed E-state index contributed by atoms with van der Waals surface area (Å²) in [6.07, 6.45) is 1.53. The van der Waals surface area contributed by atoms with Gasteiger partial charge >= 0.3 is 0 Å². The highest BCUT2D eigenvalue weighted by molar-refractivity contribution is 7.09. The van der Waals surface area contributed by atoms with Crippen molar-refractivity contribution in [2.24, 2.45) is 5.92 Å². The van der Waals surface area contributed by atoms with E-state index < -0.39 is 5.97 Å².